The molecule has 0 saturated heterocycles. The minimum Gasteiger partial charge on any atom is -0.466 e. The fourth-order valence-electron chi connectivity index (χ4n) is 3.45. The molecule has 1 aromatic carbocycles. The Bertz CT molecular complexity index is 1030. The van der Waals surface area contributed by atoms with Gasteiger partial charge >= 0.3 is 12.1 Å². The van der Waals surface area contributed by atoms with Crippen molar-refractivity contribution in [3.63, 3.8) is 0 Å². The summed E-state index contributed by atoms with van der Waals surface area (Å²) >= 11 is 0. The van der Waals surface area contributed by atoms with E-state index < -0.39 is 60.4 Å². The summed E-state index contributed by atoms with van der Waals surface area (Å²) in [7, 11) is 0. The summed E-state index contributed by atoms with van der Waals surface area (Å²) in [6.07, 6.45) is -0.932. The number of ether oxygens (including phenoxy) is 2. The van der Waals surface area contributed by atoms with Gasteiger partial charge in [-0.2, -0.15) is 5.26 Å². The van der Waals surface area contributed by atoms with Crippen LogP contribution in [0.3, 0.4) is 0 Å². The maximum atomic E-state index is 13.6. The van der Waals surface area contributed by atoms with Gasteiger partial charge in [0, 0.05) is 6.54 Å². The number of amides is 4. The largest absolute Gasteiger partial charge is 0.466 e. The lowest BCUT2D eigenvalue weighted by atomic mass is 10.00. The van der Waals surface area contributed by atoms with Gasteiger partial charge in [-0.1, -0.05) is 31.2 Å². The highest BCUT2D eigenvalue weighted by atomic mass is 16.6. The second-order valence-electron chi connectivity index (χ2n) is 9.34. The Hall–Kier alpha value is -4.14. The number of esters is 1. The average Bonchev–Trinajstić information content (AvgIpc) is 2.82. The van der Waals surface area contributed by atoms with E-state index in [1.807, 2.05) is 13.0 Å². The van der Waals surface area contributed by atoms with Gasteiger partial charge in [0.15, 0.2) is 0 Å². The van der Waals surface area contributed by atoms with Gasteiger partial charge in [0.1, 0.15) is 24.2 Å². The summed E-state index contributed by atoms with van der Waals surface area (Å²) < 4.78 is 10.1. The number of hydrogen-bond donors (Lipinski definition) is 3. The molecule has 12 nitrogen and oxygen atoms in total. The van der Waals surface area contributed by atoms with Crippen LogP contribution in [0.2, 0.25) is 0 Å². The minimum absolute atomic E-state index is 0.0728. The van der Waals surface area contributed by atoms with E-state index in [9.17, 15) is 29.2 Å². The fourth-order valence-corrected chi connectivity index (χ4v) is 3.45. The molecule has 0 fully saturated rings. The van der Waals surface area contributed by atoms with Crippen molar-refractivity contribution < 1.29 is 33.4 Å². The average molecular weight is 532 g/mol. The molecule has 0 aliphatic carbocycles. The highest BCUT2D eigenvalue weighted by molar-refractivity contribution is 5.94. The molecule has 4 amide bonds. The third-order valence-corrected chi connectivity index (χ3v) is 5.12. The van der Waals surface area contributed by atoms with Crippen LogP contribution in [-0.2, 0) is 35.1 Å². The van der Waals surface area contributed by atoms with E-state index in [0.29, 0.717) is 5.56 Å². The first kappa shape index (κ1) is 31.9. The Labute approximate surface area is 222 Å². The number of carbonyl (C=O) groups is 5. The fraction of sp³-hybridized carbons (Fsp3) is 0.538. The van der Waals surface area contributed by atoms with Crippen molar-refractivity contribution in [3.8, 4) is 6.07 Å². The number of benzene rings is 1. The Morgan fingerprint density at radius 3 is 2.24 bits per heavy atom. The zero-order valence-corrected chi connectivity index (χ0v) is 22.5. The zero-order chi connectivity index (χ0) is 28.9. The van der Waals surface area contributed by atoms with Crippen LogP contribution in [-0.4, -0.2) is 66.0 Å². The summed E-state index contributed by atoms with van der Waals surface area (Å²) in [5.74, 6) is -2.96. The molecule has 0 spiro atoms. The van der Waals surface area contributed by atoms with Crippen molar-refractivity contribution >= 4 is 29.8 Å². The molecule has 0 bridgehead atoms. The molecular formula is C26H37N5O7. The van der Waals surface area contributed by atoms with E-state index in [1.165, 1.54) is 0 Å². The number of nitrogens with zero attached hydrogens (tertiary/aromatic N) is 2. The SMILES string of the molecule is CCOC(=O)CCNC(=O)C(c1ccc(CC)cc1)N(CC#N)C(=O)C(CC(N)=O)NC(=O)OC(C)(C)C. The number of rotatable bonds is 13. The molecule has 0 radical (unpaired) electrons. The van der Waals surface area contributed by atoms with Crippen LogP contribution in [0.5, 0.6) is 0 Å². The summed E-state index contributed by atoms with van der Waals surface area (Å²) in [6.45, 7) is 8.05. The van der Waals surface area contributed by atoms with Crippen LogP contribution in [0.15, 0.2) is 24.3 Å². The smallest absolute Gasteiger partial charge is 0.408 e. The maximum absolute atomic E-state index is 13.6. The van der Waals surface area contributed by atoms with Crippen LogP contribution < -0.4 is 16.4 Å². The molecule has 0 aliphatic heterocycles. The van der Waals surface area contributed by atoms with Crippen molar-refractivity contribution in [3.05, 3.63) is 35.4 Å². The molecule has 2 unspecified atom stereocenters. The predicted molar refractivity (Wildman–Crippen MR) is 137 cm³/mol. The van der Waals surface area contributed by atoms with Gasteiger partial charge in [0.2, 0.25) is 17.7 Å². The molecule has 2 atom stereocenters. The van der Waals surface area contributed by atoms with E-state index >= 15 is 0 Å². The topological polar surface area (TPSA) is 181 Å². The van der Waals surface area contributed by atoms with Gasteiger partial charge in [0.05, 0.1) is 25.5 Å². The lowest BCUT2D eigenvalue weighted by molar-refractivity contribution is -0.144. The van der Waals surface area contributed by atoms with E-state index in [4.69, 9.17) is 15.2 Å². The number of nitrogens with two attached hydrogens (primary N) is 1. The van der Waals surface area contributed by atoms with Gasteiger partial charge in [-0.3, -0.25) is 19.2 Å². The molecule has 0 saturated carbocycles. The highest BCUT2D eigenvalue weighted by Gasteiger charge is 2.37. The summed E-state index contributed by atoms with van der Waals surface area (Å²) in [4.78, 5) is 63.7. The Balaban J connectivity index is 3.38. The van der Waals surface area contributed by atoms with Crippen LogP contribution in [0.25, 0.3) is 0 Å². The minimum atomic E-state index is -1.50. The number of carbonyl (C=O) groups excluding carboxylic acids is 5. The third-order valence-electron chi connectivity index (χ3n) is 5.12. The van der Waals surface area contributed by atoms with Gasteiger partial charge < -0.3 is 30.7 Å². The first-order chi connectivity index (χ1) is 17.8. The number of aryl methyl sites for hydroxylation is 1. The molecule has 0 aromatic heterocycles. The van der Waals surface area contributed by atoms with Crippen LogP contribution in [0.4, 0.5) is 4.79 Å². The van der Waals surface area contributed by atoms with Crippen LogP contribution in [0.1, 0.15) is 64.6 Å². The monoisotopic (exact) mass is 531 g/mol. The van der Waals surface area contributed by atoms with E-state index in [2.05, 4.69) is 10.6 Å². The van der Waals surface area contributed by atoms with Crippen LogP contribution in [0, 0.1) is 11.3 Å². The van der Waals surface area contributed by atoms with E-state index in [1.54, 1.807) is 52.0 Å². The lowest BCUT2D eigenvalue weighted by Crippen LogP contribution is -2.54. The van der Waals surface area contributed by atoms with E-state index in [-0.39, 0.29) is 19.6 Å². The summed E-state index contributed by atoms with van der Waals surface area (Å²) in [5, 5.41) is 14.4. The Morgan fingerprint density at radius 1 is 1.11 bits per heavy atom. The van der Waals surface area contributed by atoms with Crippen molar-refractivity contribution in [2.45, 2.75) is 71.6 Å². The molecule has 0 heterocycles. The molecule has 4 N–H and O–H groups in total. The molecule has 208 valence electrons. The van der Waals surface area contributed by atoms with Crippen molar-refractivity contribution in [2.24, 2.45) is 5.73 Å². The number of alkyl carbamates (subject to hydrolysis) is 1. The van der Waals surface area contributed by atoms with Crippen molar-refractivity contribution in [2.75, 3.05) is 19.7 Å². The second kappa shape index (κ2) is 15.2. The molecule has 0 aliphatic rings. The highest BCUT2D eigenvalue weighted by Crippen LogP contribution is 2.24. The van der Waals surface area contributed by atoms with Crippen molar-refractivity contribution in [1.29, 1.82) is 5.26 Å². The first-order valence-electron chi connectivity index (χ1n) is 12.3. The standard InChI is InChI=1S/C26H37N5O7/c1-6-17-8-10-18(11-9-17)22(23(34)29-14-12-21(33)37-7-2)31(15-13-27)24(35)19(16-20(28)32)30-25(36)38-26(3,4)5/h8-11,19,22H,6-7,12,14-16H2,1-5H3,(H2,28,32)(H,29,34)(H,30,36). The zero-order valence-electron chi connectivity index (χ0n) is 22.5. The lowest BCUT2D eigenvalue weighted by Gasteiger charge is -2.32. The number of nitrogens with one attached hydrogen (secondary N) is 2. The normalized spacial score (nSPS) is 12.3. The molecule has 1 aromatic rings. The molecular weight excluding hydrogens is 494 g/mol. The second-order valence-corrected chi connectivity index (χ2v) is 9.34. The first-order valence-corrected chi connectivity index (χ1v) is 12.3. The summed E-state index contributed by atoms with van der Waals surface area (Å²) in [6, 6.07) is 5.90. The number of primary amides is 1. The summed E-state index contributed by atoms with van der Waals surface area (Å²) in [5.41, 5.74) is 5.79. The molecule has 38 heavy (non-hydrogen) atoms. The molecule has 1 rings (SSSR count). The Morgan fingerprint density at radius 2 is 1.74 bits per heavy atom. The van der Waals surface area contributed by atoms with Crippen molar-refractivity contribution in [1.82, 2.24) is 15.5 Å². The number of nitriles is 1. The molecule has 12 heteroatoms. The van der Waals surface area contributed by atoms with Gasteiger partial charge in [-0.05, 0) is 45.2 Å². The predicted octanol–water partition coefficient (Wildman–Crippen LogP) is 1.48. The van der Waals surface area contributed by atoms with Gasteiger partial charge in [0.25, 0.3) is 0 Å². The Kier molecular flexibility index (Phi) is 12.7. The van der Waals surface area contributed by atoms with Gasteiger partial charge in [-0.15, -0.1) is 0 Å². The third kappa shape index (κ3) is 10.9. The number of hydrogen-bond acceptors (Lipinski definition) is 8. The van der Waals surface area contributed by atoms with E-state index in [0.717, 1.165) is 16.9 Å². The quantitative estimate of drug-likeness (QED) is 0.253. The maximum Gasteiger partial charge on any atom is 0.408 e. The van der Waals surface area contributed by atoms with Gasteiger partial charge in [-0.25, -0.2) is 4.79 Å². The van der Waals surface area contributed by atoms with Crippen LogP contribution >= 0.6 is 0 Å².